The molecule has 1 unspecified atom stereocenters. The van der Waals surface area contributed by atoms with E-state index in [4.69, 9.17) is 9.36 Å². The van der Waals surface area contributed by atoms with Gasteiger partial charge in [-0.05, 0) is 53.9 Å². The lowest BCUT2D eigenvalue weighted by atomic mass is 10.2. The Kier molecular flexibility index (Phi) is 5.43. The summed E-state index contributed by atoms with van der Waals surface area (Å²) in [5, 5.41) is 0. The van der Waals surface area contributed by atoms with Gasteiger partial charge in [0.1, 0.15) is 0 Å². The fourth-order valence-corrected chi connectivity index (χ4v) is 4.52. The molecule has 0 radical (unpaired) electrons. The lowest BCUT2D eigenvalue weighted by molar-refractivity contribution is -0.0873. The summed E-state index contributed by atoms with van der Waals surface area (Å²) in [7, 11) is -2.49. The van der Waals surface area contributed by atoms with Crippen molar-refractivity contribution in [3.63, 3.8) is 0 Å². The summed E-state index contributed by atoms with van der Waals surface area (Å²) in [6, 6.07) is 0.290. The van der Waals surface area contributed by atoms with Crippen LogP contribution in [-0.4, -0.2) is 30.1 Å². The highest BCUT2D eigenvalue weighted by Crippen LogP contribution is 2.55. The van der Waals surface area contributed by atoms with E-state index in [0.717, 1.165) is 19.3 Å². The fourth-order valence-electron chi connectivity index (χ4n) is 2.26. The second-order valence-corrected chi connectivity index (χ2v) is 9.32. The Hall–Kier alpha value is 0.110. The highest BCUT2D eigenvalue weighted by Gasteiger charge is 2.37. The summed E-state index contributed by atoms with van der Waals surface area (Å²) in [6.45, 7) is 11.7. The van der Waals surface area contributed by atoms with Gasteiger partial charge < -0.3 is 4.52 Å². The lowest BCUT2D eigenvalue weighted by Crippen LogP contribution is -2.35. The van der Waals surface area contributed by atoms with Gasteiger partial charge in [-0.1, -0.05) is 0 Å². The number of hydroxylamine groups is 1. The maximum absolute atomic E-state index is 12.5. The second kappa shape index (κ2) is 6.04. The largest absolute Gasteiger partial charge is 0.326 e. The van der Waals surface area contributed by atoms with Gasteiger partial charge in [-0.15, -0.1) is 0 Å². The molecule has 0 spiro atoms. The van der Waals surface area contributed by atoms with Crippen molar-refractivity contribution >= 4 is 7.37 Å². The van der Waals surface area contributed by atoms with E-state index in [9.17, 15) is 4.57 Å². The van der Waals surface area contributed by atoms with Crippen molar-refractivity contribution in [1.82, 2.24) is 5.48 Å². The van der Waals surface area contributed by atoms with Crippen molar-refractivity contribution in [2.45, 2.75) is 77.3 Å². The van der Waals surface area contributed by atoms with Crippen molar-refractivity contribution in [3.05, 3.63) is 0 Å². The minimum absolute atomic E-state index is 0.0265. The van der Waals surface area contributed by atoms with E-state index >= 15 is 0 Å². The van der Waals surface area contributed by atoms with Crippen molar-refractivity contribution in [2.75, 3.05) is 6.66 Å². The zero-order valence-electron chi connectivity index (χ0n) is 12.5. The third kappa shape index (κ3) is 5.40. The Morgan fingerprint density at radius 1 is 1.28 bits per heavy atom. The average Bonchev–Trinajstić information content (AvgIpc) is 2.60. The van der Waals surface area contributed by atoms with E-state index in [1.54, 1.807) is 6.66 Å². The fraction of sp³-hybridized carbons (Fsp3) is 1.00. The minimum atomic E-state index is -2.49. The molecule has 0 aromatic rings. The van der Waals surface area contributed by atoms with Crippen LogP contribution in [0.1, 0.15) is 53.9 Å². The topological polar surface area (TPSA) is 47.6 Å². The third-order valence-corrected chi connectivity index (χ3v) is 5.66. The molecule has 1 fully saturated rings. The molecule has 0 heterocycles. The van der Waals surface area contributed by atoms with Gasteiger partial charge in [0.05, 0.1) is 11.7 Å². The van der Waals surface area contributed by atoms with Gasteiger partial charge in [0.15, 0.2) is 0 Å². The van der Waals surface area contributed by atoms with E-state index in [-0.39, 0.29) is 17.4 Å². The van der Waals surface area contributed by atoms with Crippen LogP contribution in [0.4, 0.5) is 0 Å². The molecule has 0 amide bonds. The molecule has 1 aliphatic rings. The van der Waals surface area contributed by atoms with Crippen LogP contribution in [0.3, 0.4) is 0 Å². The first-order valence-corrected chi connectivity index (χ1v) is 8.93. The smallest absolute Gasteiger partial charge is 0.203 e. The maximum atomic E-state index is 12.5. The van der Waals surface area contributed by atoms with Gasteiger partial charge in [0, 0.05) is 18.4 Å². The molecule has 5 heteroatoms. The van der Waals surface area contributed by atoms with Crippen LogP contribution in [0.25, 0.3) is 0 Å². The van der Waals surface area contributed by atoms with E-state index in [0.29, 0.717) is 6.04 Å². The molecule has 0 saturated heterocycles. The van der Waals surface area contributed by atoms with Crippen molar-refractivity contribution in [1.29, 1.82) is 0 Å². The summed E-state index contributed by atoms with van der Waals surface area (Å²) < 4.78 is 18.1. The Morgan fingerprint density at radius 3 is 2.39 bits per heavy atom. The summed E-state index contributed by atoms with van der Waals surface area (Å²) >= 11 is 0. The average molecular weight is 277 g/mol. The van der Waals surface area contributed by atoms with Crippen molar-refractivity contribution < 1.29 is 13.9 Å². The Labute approximate surface area is 111 Å². The van der Waals surface area contributed by atoms with Crippen molar-refractivity contribution in [3.8, 4) is 0 Å². The highest BCUT2D eigenvalue weighted by atomic mass is 31.2. The van der Waals surface area contributed by atoms with Crippen LogP contribution in [0, 0.1) is 0 Å². The number of hydrogen-bond donors (Lipinski definition) is 1. The second-order valence-electron chi connectivity index (χ2n) is 6.56. The van der Waals surface area contributed by atoms with E-state index in [1.807, 2.05) is 34.6 Å². The minimum Gasteiger partial charge on any atom is -0.326 e. The first kappa shape index (κ1) is 16.2. The number of nitrogens with one attached hydrogen (secondary N) is 1. The van der Waals surface area contributed by atoms with Gasteiger partial charge in [0.25, 0.3) is 0 Å². The first-order valence-electron chi connectivity index (χ1n) is 6.79. The predicted octanol–water partition coefficient (Wildman–Crippen LogP) is 3.56. The van der Waals surface area contributed by atoms with E-state index in [2.05, 4.69) is 5.48 Å². The van der Waals surface area contributed by atoms with Gasteiger partial charge >= 0.3 is 0 Å². The third-order valence-electron chi connectivity index (χ3n) is 3.02. The SMILES string of the molecule is CC(C)OP(C)(=O)[C@@H]1CC[C@H](NOC(C)(C)C)C1. The summed E-state index contributed by atoms with van der Waals surface area (Å²) in [5.74, 6) is 0. The van der Waals surface area contributed by atoms with Crippen LogP contribution in [0.2, 0.25) is 0 Å². The molecule has 3 atom stereocenters. The molecular formula is C13H28NO3P. The molecular weight excluding hydrogens is 249 g/mol. The maximum Gasteiger partial charge on any atom is 0.203 e. The summed E-state index contributed by atoms with van der Waals surface area (Å²) in [5.41, 5.74) is 3.08. The molecule has 0 aromatic heterocycles. The molecule has 4 nitrogen and oxygen atoms in total. The Bertz CT molecular complexity index is 312. The highest BCUT2D eigenvalue weighted by molar-refractivity contribution is 7.58. The molecule has 1 saturated carbocycles. The van der Waals surface area contributed by atoms with Gasteiger partial charge in [-0.2, -0.15) is 5.48 Å². The van der Waals surface area contributed by atoms with Gasteiger partial charge in [0.2, 0.25) is 7.37 Å². The van der Waals surface area contributed by atoms with Gasteiger partial charge in [-0.3, -0.25) is 9.40 Å². The molecule has 108 valence electrons. The Balaban J connectivity index is 2.43. The monoisotopic (exact) mass is 277 g/mol. The van der Waals surface area contributed by atoms with Crippen LogP contribution in [0.5, 0.6) is 0 Å². The molecule has 1 N–H and O–H groups in total. The van der Waals surface area contributed by atoms with E-state index < -0.39 is 7.37 Å². The molecule has 0 aliphatic heterocycles. The molecule has 18 heavy (non-hydrogen) atoms. The zero-order valence-corrected chi connectivity index (χ0v) is 13.4. The van der Waals surface area contributed by atoms with Crippen molar-refractivity contribution in [2.24, 2.45) is 0 Å². The van der Waals surface area contributed by atoms with Gasteiger partial charge in [-0.25, -0.2) is 0 Å². The number of rotatable bonds is 5. The standard InChI is InChI=1S/C13H28NO3P/c1-10(2)16-18(6,15)12-8-7-11(9-12)14-17-13(3,4)5/h10-12,14H,7-9H2,1-6H3/t11-,12+,18?/m0/s1. The quantitative estimate of drug-likeness (QED) is 0.616. The predicted molar refractivity (Wildman–Crippen MR) is 75.2 cm³/mol. The lowest BCUT2D eigenvalue weighted by Gasteiger charge is -2.24. The molecule has 1 aliphatic carbocycles. The number of hydrogen-bond acceptors (Lipinski definition) is 4. The van der Waals surface area contributed by atoms with Crippen LogP contribution < -0.4 is 5.48 Å². The van der Waals surface area contributed by atoms with Crippen LogP contribution >= 0.6 is 7.37 Å². The molecule has 0 aromatic carbocycles. The normalized spacial score (nSPS) is 28.6. The molecule has 1 rings (SSSR count). The first-order chi connectivity index (χ1) is 8.10. The summed E-state index contributed by atoms with van der Waals surface area (Å²) in [6.07, 6.45) is 2.85. The van der Waals surface area contributed by atoms with E-state index in [1.165, 1.54) is 0 Å². The Morgan fingerprint density at radius 2 is 1.89 bits per heavy atom. The van der Waals surface area contributed by atoms with Crippen LogP contribution in [0.15, 0.2) is 0 Å². The summed E-state index contributed by atoms with van der Waals surface area (Å²) in [4.78, 5) is 5.57. The molecule has 0 bridgehead atoms. The zero-order chi connectivity index (χ0) is 14.0. The van der Waals surface area contributed by atoms with Crippen LogP contribution in [-0.2, 0) is 13.9 Å².